The molecule has 0 atom stereocenters. The second-order valence-electron chi connectivity index (χ2n) is 6.27. The Hall–Kier alpha value is -1.99. The summed E-state index contributed by atoms with van der Waals surface area (Å²) >= 11 is 0.832. The zero-order chi connectivity index (χ0) is 22.5. The molecule has 4 nitrogen and oxygen atoms in total. The first-order valence-electron chi connectivity index (χ1n) is 8.11. The SMILES string of the molecule is O=S(=O)(c1cccc(F)c1)N1CCSc2cc(C(O)(C(F)(F)F)C(F)(F)F)ccc21. The average Bonchev–Trinajstić information content (AvgIpc) is 2.64. The number of nitrogens with zero attached hydrogens (tertiary/aromatic N) is 1. The highest BCUT2D eigenvalue weighted by Gasteiger charge is 2.71. The molecule has 0 fully saturated rings. The molecule has 164 valence electrons. The Bertz CT molecular complexity index is 1050. The largest absolute Gasteiger partial charge is 0.430 e. The molecular formula is C17H12F7NO3S2. The van der Waals surface area contributed by atoms with Crippen molar-refractivity contribution in [3.8, 4) is 0 Å². The normalized spacial score (nSPS) is 15.8. The van der Waals surface area contributed by atoms with E-state index in [0.29, 0.717) is 12.1 Å². The summed E-state index contributed by atoms with van der Waals surface area (Å²) in [5.41, 5.74) is -6.79. The van der Waals surface area contributed by atoms with E-state index in [1.54, 1.807) is 0 Å². The van der Waals surface area contributed by atoms with Gasteiger partial charge in [0.25, 0.3) is 15.6 Å². The average molecular weight is 475 g/mol. The molecule has 0 saturated carbocycles. The van der Waals surface area contributed by atoms with E-state index in [-0.39, 0.29) is 22.9 Å². The van der Waals surface area contributed by atoms with Crippen LogP contribution in [0.1, 0.15) is 5.56 Å². The van der Waals surface area contributed by atoms with E-state index in [0.717, 1.165) is 46.4 Å². The first kappa shape index (κ1) is 22.7. The van der Waals surface area contributed by atoms with Gasteiger partial charge in [0.1, 0.15) is 5.82 Å². The molecule has 0 radical (unpaired) electrons. The van der Waals surface area contributed by atoms with Crippen molar-refractivity contribution >= 4 is 27.5 Å². The standard InChI is InChI=1S/C17H12F7NO3S2/c18-11-2-1-3-12(9-11)30(27,28)25-6-7-29-14-8-10(4-5-13(14)25)15(26,16(19,20)21)17(22,23)24/h1-5,8-9,26H,6-7H2. The van der Waals surface area contributed by atoms with E-state index in [1.807, 2.05) is 0 Å². The predicted molar refractivity (Wildman–Crippen MR) is 94.1 cm³/mol. The minimum atomic E-state index is -6.06. The zero-order valence-corrected chi connectivity index (χ0v) is 16.3. The first-order valence-corrected chi connectivity index (χ1v) is 10.5. The summed E-state index contributed by atoms with van der Waals surface area (Å²) in [6.45, 7) is -0.140. The maximum atomic E-state index is 13.4. The molecule has 2 aromatic carbocycles. The molecule has 0 amide bonds. The van der Waals surface area contributed by atoms with Gasteiger partial charge in [-0.1, -0.05) is 12.1 Å². The van der Waals surface area contributed by atoms with Gasteiger partial charge in [-0.15, -0.1) is 11.8 Å². The van der Waals surface area contributed by atoms with E-state index in [9.17, 15) is 44.3 Å². The molecule has 1 N–H and O–H groups in total. The van der Waals surface area contributed by atoms with Gasteiger partial charge in [-0.05, 0) is 30.3 Å². The number of alkyl halides is 6. The number of halogens is 7. The highest BCUT2D eigenvalue weighted by molar-refractivity contribution is 8.00. The van der Waals surface area contributed by atoms with Crippen molar-refractivity contribution in [2.45, 2.75) is 27.7 Å². The number of aliphatic hydroxyl groups is 1. The summed E-state index contributed by atoms with van der Waals surface area (Å²) in [5.74, 6) is -0.819. The van der Waals surface area contributed by atoms with Gasteiger partial charge in [0.05, 0.1) is 10.6 Å². The lowest BCUT2D eigenvalue weighted by Crippen LogP contribution is -2.54. The van der Waals surface area contributed by atoms with Gasteiger partial charge < -0.3 is 5.11 Å². The Morgan fingerprint density at radius 2 is 1.60 bits per heavy atom. The van der Waals surface area contributed by atoms with Crippen LogP contribution < -0.4 is 4.31 Å². The predicted octanol–water partition coefficient (Wildman–Crippen LogP) is 4.44. The van der Waals surface area contributed by atoms with Crippen molar-refractivity contribution in [2.24, 2.45) is 0 Å². The van der Waals surface area contributed by atoms with Crippen molar-refractivity contribution in [1.29, 1.82) is 0 Å². The molecule has 30 heavy (non-hydrogen) atoms. The molecule has 0 aromatic heterocycles. The van der Waals surface area contributed by atoms with Gasteiger partial charge in [0, 0.05) is 22.8 Å². The van der Waals surface area contributed by atoms with E-state index in [4.69, 9.17) is 0 Å². The number of fused-ring (bicyclic) bond motifs is 1. The molecule has 0 spiro atoms. The van der Waals surface area contributed by atoms with E-state index >= 15 is 0 Å². The fraction of sp³-hybridized carbons (Fsp3) is 0.294. The summed E-state index contributed by atoms with van der Waals surface area (Å²) in [5, 5.41) is 9.56. The smallest absolute Gasteiger partial charge is 0.369 e. The van der Waals surface area contributed by atoms with Crippen LogP contribution in [0.15, 0.2) is 52.3 Å². The highest BCUT2D eigenvalue weighted by Crippen LogP contribution is 2.51. The number of thioether (sulfide) groups is 1. The fourth-order valence-electron chi connectivity index (χ4n) is 2.91. The van der Waals surface area contributed by atoms with Crippen LogP contribution in [0.3, 0.4) is 0 Å². The monoisotopic (exact) mass is 475 g/mol. The van der Waals surface area contributed by atoms with Crippen molar-refractivity contribution in [3.05, 3.63) is 53.8 Å². The first-order chi connectivity index (χ1) is 13.7. The summed E-state index contributed by atoms with van der Waals surface area (Å²) in [6.07, 6.45) is -12.1. The minimum Gasteiger partial charge on any atom is -0.369 e. The van der Waals surface area contributed by atoms with Crippen LogP contribution >= 0.6 is 11.8 Å². The van der Waals surface area contributed by atoms with E-state index in [2.05, 4.69) is 0 Å². The van der Waals surface area contributed by atoms with E-state index < -0.39 is 44.3 Å². The van der Waals surface area contributed by atoms with Gasteiger partial charge in [0.2, 0.25) is 0 Å². The topological polar surface area (TPSA) is 57.6 Å². The maximum absolute atomic E-state index is 13.4. The molecule has 2 aromatic rings. The Morgan fingerprint density at radius 3 is 2.17 bits per heavy atom. The third kappa shape index (κ3) is 3.62. The molecule has 0 unspecified atom stereocenters. The van der Waals surface area contributed by atoms with Crippen molar-refractivity contribution < 1.29 is 44.3 Å². The highest BCUT2D eigenvalue weighted by atomic mass is 32.2. The van der Waals surface area contributed by atoms with Crippen LogP contribution in [-0.4, -0.2) is 38.2 Å². The number of sulfonamides is 1. The fourth-order valence-corrected chi connectivity index (χ4v) is 5.63. The lowest BCUT2D eigenvalue weighted by molar-refractivity contribution is -0.376. The number of benzene rings is 2. The molecular weight excluding hydrogens is 463 g/mol. The van der Waals surface area contributed by atoms with Crippen molar-refractivity contribution in [1.82, 2.24) is 0 Å². The van der Waals surface area contributed by atoms with Crippen LogP contribution in [0.2, 0.25) is 0 Å². The maximum Gasteiger partial charge on any atom is 0.430 e. The van der Waals surface area contributed by atoms with Gasteiger partial charge in [-0.25, -0.2) is 12.8 Å². The van der Waals surface area contributed by atoms with Crippen LogP contribution in [0, 0.1) is 5.82 Å². The Labute approximate surface area is 170 Å². The quantitative estimate of drug-likeness (QED) is 0.668. The van der Waals surface area contributed by atoms with Gasteiger partial charge >= 0.3 is 12.4 Å². The second-order valence-corrected chi connectivity index (χ2v) is 9.27. The Morgan fingerprint density at radius 1 is 0.967 bits per heavy atom. The minimum absolute atomic E-state index is 0.0153. The van der Waals surface area contributed by atoms with Gasteiger partial charge in [-0.3, -0.25) is 4.31 Å². The Balaban J connectivity index is 2.12. The molecule has 0 saturated heterocycles. The molecule has 1 heterocycles. The van der Waals surface area contributed by atoms with Crippen LogP contribution in [0.5, 0.6) is 0 Å². The molecule has 0 bridgehead atoms. The molecule has 3 rings (SSSR count). The summed E-state index contributed by atoms with van der Waals surface area (Å²) < 4.78 is 119. The lowest BCUT2D eigenvalue weighted by Gasteiger charge is -2.35. The van der Waals surface area contributed by atoms with Crippen LogP contribution in [0.4, 0.5) is 36.4 Å². The second kappa shape index (κ2) is 7.31. The van der Waals surface area contributed by atoms with E-state index in [1.165, 1.54) is 0 Å². The van der Waals surface area contributed by atoms with Gasteiger partial charge in [0.15, 0.2) is 0 Å². The van der Waals surface area contributed by atoms with Crippen LogP contribution in [0.25, 0.3) is 0 Å². The summed E-state index contributed by atoms with van der Waals surface area (Å²) in [7, 11) is -4.33. The number of hydrogen-bond donors (Lipinski definition) is 1. The number of rotatable bonds is 3. The number of hydrogen-bond acceptors (Lipinski definition) is 4. The summed E-state index contributed by atoms with van der Waals surface area (Å²) in [4.78, 5) is -0.628. The third-order valence-corrected chi connectivity index (χ3v) is 7.24. The Kier molecular flexibility index (Phi) is 5.53. The zero-order valence-electron chi connectivity index (χ0n) is 14.6. The lowest BCUT2D eigenvalue weighted by atomic mass is 9.92. The molecule has 1 aliphatic rings. The van der Waals surface area contributed by atoms with Crippen molar-refractivity contribution in [3.63, 3.8) is 0 Å². The third-order valence-electron chi connectivity index (χ3n) is 4.40. The number of anilines is 1. The van der Waals surface area contributed by atoms with Crippen molar-refractivity contribution in [2.75, 3.05) is 16.6 Å². The molecule has 13 heteroatoms. The molecule has 0 aliphatic carbocycles. The van der Waals surface area contributed by atoms with Gasteiger partial charge in [-0.2, -0.15) is 26.3 Å². The molecule has 1 aliphatic heterocycles. The van der Waals surface area contributed by atoms with Crippen LogP contribution in [-0.2, 0) is 15.6 Å². The summed E-state index contributed by atoms with van der Waals surface area (Å²) in [6, 6.07) is 5.62.